The van der Waals surface area contributed by atoms with Crippen molar-refractivity contribution in [3.05, 3.63) is 77.9 Å². The largest absolute Gasteiger partial charge is 0.451 e. The third-order valence-electron chi connectivity index (χ3n) is 6.11. The second-order valence-electron chi connectivity index (χ2n) is 8.61. The van der Waals surface area contributed by atoms with Gasteiger partial charge in [-0.1, -0.05) is 6.07 Å². The molecular weight excluding hydrogens is 538 g/mol. The molecule has 2 aromatic carbocycles. The molecule has 1 N–H and O–H groups in total. The SMILES string of the molecule is CC1C(F)CC(C(=O)NCc2cc(-c3cnc(C(F)(F)F)nc3)ccc2F)N1S(=O)(=O)c1ccc(F)cc1. The number of sulfonamides is 1. The lowest BCUT2D eigenvalue weighted by atomic mass is 10.0. The van der Waals surface area contributed by atoms with Crippen molar-refractivity contribution in [2.45, 2.75) is 49.2 Å². The second kappa shape index (κ2) is 10.3. The fourth-order valence-electron chi connectivity index (χ4n) is 4.11. The lowest BCUT2D eigenvalue weighted by Gasteiger charge is -2.27. The molecule has 2 heterocycles. The van der Waals surface area contributed by atoms with E-state index in [9.17, 15) is 39.6 Å². The molecule has 1 saturated heterocycles. The van der Waals surface area contributed by atoms with Crippen molar-refractivity contribution in [3.63, 3.8) is 0 Å². The van der Waals surface area contributed by atoms with Crippen LogP contribution in [-0.4, -0.2) is 46.9 Å². The predicted molar refractivity (Wildman–Crippen MR) is 122 cm³/mol. The van der Waals surface area contributed by atoms with E-state index in [2.05, 4.69) is 15.3 Å². The number of nitrogens with one attached hydrogen (secondary N) is 1. The molecule has 0 bridgehead atoms. The van der Waals surface area contributed by atoms with E-state index in [-0.39, 0.29) is 21.6 Å². The smallest absolute Gasteiger partial charge is 0.351 e. The number of carbonyl (C=O) groups excluding carboxylic acids is 1. The molecule has 1 aliphatic rings. The van der Waals surface area contributed by atoms with Crippen LogP contribution < -0.4 is 5.32 Å². The summed E-state index contributed by atoms with van der Waals surface area (Å²) in [5, 5.41) is 2.40. The third kappa shape index (κ3) is 5.50. The first kappa shape index (κ1) is 27.5. The minimum Gasteiger partial charge on any atom is -0.351 e. The summed E-state index contributed by atoms with van der Waals surface area (Å²) in [5.74, 6) is -3.65. The highest BCUT2D eigenvalue weighted by Crippen LogP contribution is 2.33. The highest BCUT2D eigenvalue weighted by Gasteiger charge is 2.49. The van der Waals surface area contributed by atoms with E-state index in [1.807, 2.05) is 0 Å². The predicted octanol–water partition coefficient (Wildman–Crippen LogP) is 4.25. The Morgan fingerprint density at radius 3 is 2.29 bits per heavy atom. The van der Waals surface area contributed by atoms with Gasteiger partial charge in [0.1, 0.15) is 23.8 Å². The maximum Gasteiger partial charge on any atom is 0.451 e. The maximum atomic E-state index is 14.6. The summed E-state index contributed by atoms with van der Waals surface area (Å²) in [5.41, 5.74) is 0.363. The van der Waals surface area contributed by atoms with Crippen LogP contribution >= 0.6 is 0 Å². The Morgan fingerprint density at radius 2 is 1.68 bits per heavy atom. The van der Waals surface area contributed by atoms with Gasteiger partial charge in [-0.05, 0) is 48.9 Å². The normalized spacial score (nSPS) is 20.4. The molecule has 0 spiro atoms. The number of carbonyl (C=O) groups is 1. The van der Waals surface area contributed by atoms with Crippen LogP contribution in [0.5, 0.6) is 0 Å². The van der Waals surface area contributed by atoms with Gasteiger partial charge in [-0.15, -0.1) is 0 Å². The Morgan fingerprint density at radius 1 is 1.05 bits per heavy atom. The molecule has 3 unspecified atom stereocenters. The average Bonchev–Trinajstić information content (AvgIpc) is 3.18. The molecule has 7 nitrogen and oxygen atoms in total. The van der Waals surface area contributed by atoms with Crippen molar-refractivity contribution in [2.24, 2.45) is 0 Å². The van der Waals surface area contributed by atoms with Gasteiger partial charge in [-0.3, -0.25) is 4.79 Å². The number of hydrogen-bond donors (Lipinski definition) is 1. The number of hydrogen-bond acceptors (Lipinski definition) is 5. The Bertz CT molecular complexity index is 1430. The van der Waals surface area contributed by atoms with Crippen LogP contribution in [0.1, 0.15) is 24.7 Å². The number of alkyl halides is 4. The quantitative estimate of drug-likeness (QED) is 0.457. The number of rotatable bonds is 6. The van der Waals surface area contributed by atoms with Gasteiger partial charge in [0.2, 0.25) is 21.8 Å². The second-order valence-corrected chi connectivity index (χ2v) is 10.5. The Balaban J connectivity index is 1.53. The fraction of sp³-hybridized carbons (Fsp3) is 0.292. The minimum absolute atomic E-state index is 0.0634. The highest BCUT2D eigenvalue weighted by molar-refractivity contribution is 7.89. The summed E-state index contributed by atoms with van der Waals surface area (Å²) in [6.07, 6.45) is -5.00. The van der Waals surface area contributed by atoms with Gasteiger partial charge in [0.05, 0.1) is 10.9 Å². The zero-order valence-corrected chi connectivity index (χ0v) is 20.4. The molecule has 1 amide bonds. The number of nitrogens with zero attached hydrogens (tertiary/aromatic N) is 3. The Kier molecular flexibility index (Phi) is 7.48. The topological polar surface area (TPSA) is 92.3 Å². The van der Waals surface area contributed by atoms with Crippen molar-refractivity contribution < 1.29 is 39.6 Å². The fourth-order valence-corrected chi connectivity index (χ4v) is 5.92. The molecule has 1 aromatic heterocycles. The monoisotopic (exact) mass is 558 g/mol. The number of amides is 1. The summed E-state index contributed by atoms with van der Waals surface area (Å²) >= 11 is 0. The molecule has 4 rings (SSSR count). The summed E-state index contributed by atoms with van der Waals surface area (Å²) in [7, 11) is -4.38. The van der Waals surface area contributed by atoms with Crippen molar-refractivity contribution in [2.75, 3.05) is 0 Å². The van der Waals surface area contributed by atoms with Crippen molar-refractivity contribution >= 4 is 15.9 Å². The first-order valence-corrected chi connectivity index (χ1v) is 12.6. The Labute approximate surface area is 213 Å². The van der Waals surface area contributed by atoms with Crippen LogP contribution in [-0.2, 0) is 27.5 Å². The highest BCUT2D eigenvalue weighted by atomic mass is 32.2. The van der Waals surface area contributed by atoms with Crippen molar-refractivity contribution in [1.82, 2.24) is 19.6 Å². The summed E-state index contributed by atoms with van der Waals surface area (Å²) in [6, 6.07) is 4.80. The first-order chi connectivity index (χ1) is 17.8. The zero-order chi connectivity index (χ0) is 27.8. The van der Waals surface area contributed by atoms with Crippen LogP contribution in [0, 0.1) is 11.6 Å². The van der Waals surface area contributed by atoms with E-state index >= 15 is 0 Å². The van der Waals surface area contributed by atoms with Gasteiger partial charge >= 0.3 is 6.18 Å². The first-order valence-electron chi connectivity index (χ1n) is 11.2. The van der Waals surface area contributed by atoms with Crippen molar-refractivity contribution in [1.29, 1.82) is 0 Å². The third-order valence-corrected chi connectivity index (χ3v) is 8.12. The van der Waals surface area contributed by atoms with E-state index in [0.717, 1.165) is 42.7 Å². The van der Waals surface area contributed by atoms with Gasteiger partial charge < -0.3 is 5.32 Å². The molecule has 202 valence electrons. The van der Waals surface area contributed by atoms with Gasteiger partial charge in [0, 0.05) is 36.5 Å². The van der Waals surface area contributed by atoms with E-state index in [4.69, 9.17) is 0 Å². The molecule has 1 fully saturated rings. The molecule has 38 heavy (non-hydrogen) atoms. The molecule has 3 atom stereocenters. The zero-order valence-electron chi connectivity index (χ0n) is 19.6. The van der Waals surface area contributed by atoms with Crippen LogP contribution in [0.2, 0.25) is 0 Å². The van der Waals surface area contributed by atoms with Crippen LogP contribution in [0.15, 0.2) is 59.8 Å². The maximum absolute atomic E-state index is 14.6. The Hall–Kier alpha value is -3.52. The van der Waals surface area contributed by atoms with Gasteiger partial charge in [-0.2, -0.15) is 17.5 Å². The van der Waals surface area contributed by atoms with E-state index in [1.54, 1.807) is 0 Å². The molecule has 0 radical (unpaired) electrons. The van der Waals surface area contributed by atoms with Gasteiger partial charge in [0.25, 0.3) is 0 Å². The number of halogens is 6. The standard InChI is InChI=1S/C24H20F6N4O3S/c1-13-20(27)9-21(34(13)38(36,37)18-5-3-17(25)4-6-18)22(35)31-10-15-8-14(2-7-19(15)26)16-11-32-23(33-12-16)24(28,29)30/h2-8,11-13,20-21H,9-10H2,1H3,(H,31,35). The summed E-state index contributed by atoms with van der Waals surface area (Å²) in [4.78, 5) is 19.2. The average molecular weight is 559 g/mol. The summed E-state index contributed by atoms with van der Waals surface area (Å²) < 4.78 is 107. The van der Waals surface area contributed by atoms with Crippen LogP contribution in [0.3, 0.4) is 0 Å². The number of benzene rings is 2. The van der Waals surface area contributed by atoms with Crippen LogP contribution in [0.4, 0.5) is 26.3 Å². The summed E-state index contributed by atoms with van der Waals surface area (Å²) in [6.45, 7) is 0.876. The van der Waals surface area contributed by atoms with E-state index in [1.165, 1.54) is 19.1 Å². The molecule has 14 heteroatoms. The molecule has 1 aliphatic heterocycles. The lowest BCUT2D eigenvalue weighted by Crippen LogP contribution is -2.48. The van der Waals surface area contributed by atoms with Gasteiger partial charge in [-0.25, -0.2) is 31.6 Å². The van der Waals surface area contributed by atoms with Crippen molar-refractivity contribution in [3.8, 4) is 11.1 Å². The number of aromatic nitrogens is 2. The minimum atomic E-state index is -4.73. The van der Waals surface area contributed by atoms with E-state index < -0.39 is 70.8 Å². The molecule has 0 aliphatic carbocycles. The molecule has 3 aromatic rings. The molecule has 0 saturated carbocycles. The molecular formula is C24H20F6N4O3S. The van der Waals surface area contributed by atoms with Gasteiger partial charge in [0.15, 0.2) is 0 Å². The van der Waals surface area contributed by atoms with Crippen LogP contribution in [0.25, 0.3) is 11.1 Å². The lowest BCUT2D eigenvalue weighted by molar-refractivity contribution is -0.145. The van der Waals surface area contributed by atoms with E-state index in [0.29, 0.717) is 4.31 Å².